The van der Waals surface area contributed by atoms with Gasteiger partial charge in [-0.1, -0.05) is 0 Å². The smallest absolute Gasteiger partial charge is 0.320 e. The molecule has 14 heteroatoms. The largest absolute Gasteiger partial charge is 0.493 e. The maximum Gasteiger partial charge on any atom is 0.320 e. The van der Waals surface area contributed by atoms with E-state index in [0.29, 0.717) is 30.1 Å². The van der Waals surface area contributed by atoms with E-state index in [2.05, 4.69) is 0 Å². The first kappa shape index (κ1) is 32.1. The minimum atomic E-state index is -1.65. The van der Waals surface area contributed by atoms with E-state index in [1.807, 2.05) is 0 Å². The lowest BCUT2D eigenvalue weighted by Crippen LogP contribution is -2.51. The maximum atomic E-state index is 11.9. The third-order valence-corrected chi connectivity index (χ3v) is 7.50. The summed E-state index contributed by atoms with van der Waals surface area (Å²) >= 11 is 0. The number of pyridine rings is 1. The first-order valence-corrected chi connectivity index (χ1v) is 13.6. The molecule has 1 aromatic heterocycles. The Labute approximate surface area is 238 Å². The summed E-state index contributed by atoms with van der Waals surface area (Å²) in [5.41, 5.74) is 1.07. The number of aliphatic carboxylic acids is 2. The van der Waals surface area contributed by atoms with Crippen LogP contribution in [0.4, 0.5) is 0 Å². The summed E-state index contributed by atoms with van der Waals surface area (Å²) in [4.78, 5) is 58.3. The molecule has 2 amide bonds. The molecular weight excluding hydrogens is 538 g/mol. The number of nitrogens with zero attached hydrogens (tertiary/aromatic N) is 5. The second-order valence-electron chi connectivity index (χ2n) is 10.3. The number of carboxylic acid groups (broad SMARTS) is 2. The van der Waals surface area contributed by atoms with Crippen molar-refractivity contribution < 1.29 is 44.3 Å². The maximum absolute atomic E-state index is 11.9. The van der Waals surface area contributed by atoms with Crippen LogP contribution in [0.5, 0.6) is 5.75 Å². The highest BCUT2D eigenvalue weighted by Gasteiger charge is 2.29. The first-order valence-electron chi connectivity index (χ1n) is 13.6. The van der Waals surface area contributed by atoms with Crippen molar-refractivity contribution in [1.82, 2.24) is 24.6 Å². The number of carboxylic acids is 2. The minimum Gasteiger partial charge on any atom is -0.493 e. The first-order chi connectivity index (χ1) is 19.4. The number of hydrogen-bond acceptors (Lipinski definition) is 11. The van der Waals surface area contributed by atoms with E-state index in [1.54, 1.807) is 47.6 Å². The third kappa shape index (κ3) is 8.78. The van der Waals surface area contributed by atoms with Gasteiger partial charge in [-0.05, 0) is 27.2 Å². The predicted octanol–water partition coefficient (Wildman–Crippen LogP) is -0.659. The highest BCUT2D eigenvalue weighted by molar-refractivity contribution is 6.12. The van der Waals surface area contributed by atoms with Gasteiger partial charge in [-0.15, -0.1) is 0 Å². The summed E-state index contributed by atoms with van der Waals surface area (Å²) in [5.74, 6) is -2.32. The highest BCUT2D eigenvalue weighted by Crippen LogP contribution is 2.21. The van der Waals surface area contributed by atoms with E-state index in [9.17, 15) is 39.6 Å². The number of ether oxygens (including phenoxy) is 1. The number of aliphatic hydroxyl groups excluding tert-OH is 1. The topological polar surface area (TPSA) is 184 Å². The van der Waals surface area contributed by atoms with Gasteiger partial charge in [0, 0.05) is 70.1 Å². The molecule has 41 heavy (non-hydrogen) atoms. The van der Waals surface area contributed by atoms with Crippen LogP contribution in [0.1, 0.15) is 38.6 Å². The van der Waals surface area contributed by atoms with Crippen molar-refractivity contribution in [3.63, 3.8) is 0 Å². The SMILES string of the molecule is C[C@H](C(=O)O)N1CCN([C@@H](C)C(=O)O)CCN([C@@H](C)C(O)O)Cc2cc(OCCCN3C(=O)C=CC3=O)cc(n2)C1. The van der Waals surface area contributed by atoms with Crippen LogP contribution in [0.2, 0.25) is 0 Å². The number of carbonyl (C=O) groups excluding carboxylic acids is 2. The molecule has 14 nitrogen and oxygen atoms in total. The lowest BCUT2D eigenvalue weighted by molar-refractivity contribution is -0.145. The van der Waals surface area contributed by atoms with E-state index in [4.69, 9.17) is 9.72 Å². The number of carbonyl (C=O) groups is 4. The molecule has 0 saturated heterocycles. The third-order valence-electron chi connectivity index (χ3n) is 7.50. The Morgan fingerprint density at radius 2 is 1.34 bits per heavy atom. The molecule has 2 bridgehead atoms. The Kier molecular flexibility index (Phi) is 11.3. The summed E-state index contributed by atoms with van der Waals surface area (Å²) in [5, 5.41) is 39.2. The number of aliphatic hydroxyl groups is 2. The van der Waals surface area contributed by atoms with Gasteiger partial charge in [0.25, 0.3) is 11.8 Å². The summed E-state index contributed by atoms with van der Waals surface area (Å²) in [6.07, 6.45) is 1.19. The Morgan fingerprint density at radius 3 is 1.88 bits per heavy atom. The minimum absolute atomic E-state index is 0.146. The van der Waals surface area contributed by atoms with E-state index in [-0.39, 0.29) is 57.7 Å². The van der Waals surface area contributed by atoms with E-state index < -0.39 is 36.4 Å². The number of fused-ring (bicyclic) bond motifs is 2. The molecule has 0 aliphatic carbocycles. The second-order valence-corrected chi connectivity index (χ2v) is 10.3. The molecule has 0 radical (unpaired) electrons. The fourth-order valence-corrected chi connectivity index (χ4v) is 4.69. The van der Waals surface area contributed by atoms with Gasteiger partial charge in [-0.2, -0.15) is 0 Å². The molecule has 0 saturated carbocycles. The molecule has 2 aliphatic rings. The molecule has 3 atom stereocenters. The van der Waals surface area contributed by atoms with Gasteiger partial charge in [-0.25, -0.2) is 0 Å². The fourth-order valence-electron chi connectivity index (χ4n) is 4.69. The van der Waals surface area contributed by atoms with Crippen LogP contribution in [-0.2, 0) is 32.3 Å². The molecule has 226 valence electrons. The summed E-state index contributed by atoms with van der Waals surface area (Å²) in [6, 6.07) is 0.989. The molecule has 0 fully saturated rings. The van der Waals surface area contributed by atoms with Crippen molar-refractivity contribution >= 4 is 23.8 Å². The quantitative estimate of drug-likeness (QED) is 0.148. The standard InChI is InChI=1S/C27H39N5O9/c1-17(25(35)36)29-8-10-30(18(2)26(37)38)15-20-13-22(41-12-4-7-32-23(33)5-6-24(32)34)14-21(28-20)16-31(11-9-29)19(3)27(39)40/h5-6,13-14,17-19,26,37-38H,4,7-12,15-16H2,1-3H3,(H,35,36)(H,39,40)/t17-,18-,19+/m0/s1. The zero-order valence-electron chi connectivity index (χ0n) is 23.5. The average Bonchev–Trinajstić information content (AvgIpc) is 3.24. The predicted molar refractivity (Wildman–Crippen MR) is 144 cm³/mol. The van der Waals surface area contributed by atoms with E-state index in [1.165, 1.54) is 12.2 Å². The molecule has 4 N–H and O–H groups in total. The van der Waals surface area contributed by atoms with Gasteiger partial charge in [0.1, 0.15) is 17.8 Å². The van der Waals surface area contributed by atoms with Crippen LogP contribution in [0, 0.1) is 0 Å². The summed E-state index contributed by atoms with van der Waals surface area (Å²) < 4.78 is 5.94. The Bertz CT molecular complexity index is 1130. The molecule has 0 aromatic carbocycles. The molecule has 3 rings (SSSR count). The number of imide groups is 1. The number of rotatable bonds is 11. The van der Waals surface area contributed by atoms with Crippen molar-refractivity contribution in [2.75, 3.05) is 39.3 Å². The number of aromatic nitrogens is 1. The van der Waals surface area contributed by atoms with Crippen molar-refractivity contribution in [3.8, 4) is 5.75 Å². The van der Waals surface area contributed by atoms with Crippen molar-refractivity contribution in [2.45, 2.75) is 64.7 Å². The van der Waals surface area contributed by atoms with Crippen LogP contribution >= 0.6 is 0 Å². The molecule has 3 heterocycles. The van der Waals surface area contributed by atoms with Crippen LogP contribution in [0.3, 0.4) is 0 Å². The molecule has 0 spiro atoms. The van der Waals surface area contributed by atoms with Crippen LogP contribution in [-0.4, -0.2) is 133 Å². The second kappa shape index (κ2) is 14.5. The normalized spacial score (nSPS) is 20.0. The molecule has 0 unspecified atom stereocenters. The summed E-state index contributed by atoms with van der Waals surface area (Å²) in [7, 11) is 0. The monoisotopic (exact) mass is 577 g/mol. The molecule has 1 aromatic rings. The van der Waals surface area contributed by atoms with Crippen LogP contribution in [0.25, 0.3) is 0 Å². The zero-order chi connectivity index (χ0) is 30.3. The van der Waals surface area contributed by atoms with Gasteiger partial charge in [0.2, 0.25) is 0 Å². The number of amides is 2. The number of hydrogen-bond donors (Lipinski definition) is 4. The van der Waals surface area contributed by atoms with Gasteiger partial charge >= 0.3 is 11.9 Å². The lowest BCUT2D eigenvalue weighted by atomic mass is 10.1. The summed E-state index contributed by atoms with van der Waals surface area (Å²) in [6.45, 7) is 6.59. The van der Waals surface area contributed by atoms with Crippen molar-refractivity contribution in [1.29, 1.82) is 0 Å². The lowest BCUT2D eigenvalue weighted by Gasteiger charge is -2.36. The van der Waals surface area contributed by atoms with E-state index >= 15 is 0 Å². The van der Waals surface area contributed by atoms with Gasteiger partial charge in [0.05, 0.1) is 24.0 Å². The van der Waals surface area contributed by atoms with E-state index in [0.717, 1.165) is 4.90 Å². The van der Waals surface area contributed by atoms with Crippen LogP contribution < -0.4 is 4.74 Å². The van der Waals surface area contributed by atoms with Crippen LogP contribution in [0.15, 0.2) is 24.3 Å². The Morgan fingerprint density at radius 1 is 0.854 bits per heavy atom. The Hall–Kier alpha value is -3.43. The van der Waals surface area contributed by atoms with Gasteiger partial charge < -0.3 is 25.2 Å². The Balaban J connectivity index is 1.87. The van der Waals surface area contributed by atoms with Gasteiger partial charge in [0.15, 0.2) is 6.29 Å². The average molecular weight is 578 g/mol. The molecule has 2 aliphatic heterocycles. The van der Waals surface area contributed by atoms with Crippen molar-refractivity contribution in [2.24, 2.45) is 0 Å². The fraction of sp³-hybridized carbons (Fsp3) is 0.593. The van der Waals surface area contributed by atoms with Crippen molar-refractivity contribution in [3.05, 3.63) is 35.7 Å². The zero-order valence-corrected chi connectivity index (χ0v) is 23.5. The molecular formula is C27H39N5O9. The highest BCUT2D eigenvalue weighted by atomic mass is 16.5. The van der Waals surface area contributed by atoms with Gasteiger partial charge in [-0.3, -0.25) is 43.8 Å².